The number of nitrogens with zero attached hydrogens (tertiary/aromatic N) is 6. The highest BCUT2D eigenvalue weighted by Crippen LogP contribution is 2.29. The van der Waals surface area contributed by atoms with Gasteiger partial charge in [-0.25, -0.2) is 15.0 Å². The third-order valence-corrected chi connectivity index (χ3v) is 4.20. The number of rotatable bonds is 5. The Morgan fingerprint density at radius 2 is 2.39 bits per heavy atom. The summed E-state index contributed by atoms with van der Waals surface area (Å²) in [5, 5.41) is 6.91. The summed E-state index contributed by atoms with van der Waals surface area (Å²) >= 11 is 0. The molecule has 0 unspecified atom stereocenters. The summed E-state index contributed by atoms with van der Waals surface area (Å²) in [5.74, 6) is 1.92. The van der Waals surface area contributed by atoms with Gasteiger partial charge in [-0.2, -0.15) is 5.10 Å². The van der Waals surface area contributed by atoms with Gasteiger partial charge in [-0.15, -0.1) is 0 Å². The van der Waals surface area contributed by atoms with Crippen LogP contribution < -0.4 is 0 Å². The fourth-order valence-corrected chi connectivity index (χ4v) is 3.14. The van der Waals surface area contributed by atoms with Crippen molar-refractivity contribution in [1.29, 1.82) is 0 Å². The first-order valence-electron chi connectivity index (χ1n) is 7.73. The maximum absolute atomic E-state index is 5.89. The summed E-state index contributed by atoms with van der Waals surface area (Å²) in [7, 11) is 2.08. The van der Waals surface area contributed by atoms with Crippen molar-refractivity contribution in [2.45, 2.75) is 25.0 Å². The average molecular weight is 313 g/mol. The second kappa shape index (κ2) is 6.05. The van der Waals surface area contributed by atoms with E-state index >= 15 is 0 Å². The molecule has 1 fully saturated rings. The van der Waals surface area contributed by atoms with Crippen LogP contribution in [0, 0.1) is 0 Å². The Bertz CT molecular complexity index is 736. The molecule has 4 heterocycles. The molecule has 3 aromatic rings. The highest BCUT2D eigenvalue weighted by molar-refractivity contribution is 5.29. The number of aromatic nitrogens is 6. The van der Waals surface area contributed by atoms with Gasteiger partial charge in [0.1, 0.15) is 12.2 Å². The van der Waals surface area contributed by atoms with Gasteiger partial charge in [-0.3, -0.25) is 14.4 Å². The number of ether oxygens (including phenoxy) is 1. The summed E-state index contributed by atoms with van der Waals surface area (Å²) in [6.07, 6.45) is 8.39. The van der Waals surface area contributed by atoms with E-state index in [2.05, 4.69) is 37.1 Å². The van der Waals surface area contributed by atoms with E-state index in [0.717, 1.165) is 43.4 Å². The second-order valence-corrected chi connectivity index (χ2v) is 5.93. The van der Waals surface area contributed by atoms with Gasteiger partial charge >= 0.3 is 0 Å². The van der Waals surface area contributed by atoms with Crippen molar-refractivity contribution in [2.75, 3.05) is 20.2 Å². The predicted molar refractivity (Wildman–Crippen MR) is 82.8 cm³/mol. The Balaban J connectivity index is 1.42. The van der Waals surface area contributed by atoms with Gasteiger partial charge in [0.05, 0.1) is 11.8 Å². The van der Waals surface area contributed by atoms with Crippen LogP contribution in [0.1, 0.15) is 23.9 Å². The number of fused-ring (bicyclic) bond motifs is 1. The van der Waals surface area contributed by atoms with Gasteiger partial charge in [0.25, 0.3) is 0 Å². The number of hydrogen-bond acceptors (Lipinski definition) is 6. The molecule has 0 amide bonds. The SMILES string of the molecule is CN(Cc1cn2cccnc2n1)C[C@H]1OCC[C@H]1c1ncn[nH]1. The molecule has 1 N–H and O–H groups in total. The smallest absolute Gasteiger partial charge is 0.233 e. The Hall–Kier alpha value is -2.32. The van der Waals surface area contributed by atoms with E-state index in [4.69, 9.17) is 4.74 Å². The second-order valence-electron chi connectivity index (χ2n) is 5.93. The van der Waals surface area contributed by atoms with Crippen molar-refractivity contribution in [3.05, 3.63) is 42.5 Å². The van der Waals surface area contributed by atoms with Crippen LogP contribution in [0.15, 0.2) is 31.0 Å². The van der Waals surface area contributed by atoms with E-state index < -0.39 is 0 Å². The van der Waals surface area contributed by atoms with Crippen LogP contribution in [0.4, 0.5) is 0 Å². The van der Waals surface area contributed by atoms with Crippen molar-refractivity contribution in [2.24, 2.45) is 0 Å². The molecule has 120 valence electrons. The minimum Gasteiger partial charge on any atom is -0.376 e. The predicted octanol–water partition coefficient (Wildman–Crippen LogP) is 0.852. The first-order chi connectivity index (χ1) is 11.3. The largest absolute Gasteiger partial charge is 0.376 e. The standard InChI is InChI=1S/C15H19N7O/c1-21(7-11-8-22-5-2-4-16-15(22)19-11)9-13-12(3-6-23-13)14-17-10-18-20-14/h2,4-5,8,10,12-13H,3,6-7,9H2,1H3,(H,17,18,20)/t12-,13-/m1/s1. The molecule has 1 aliphatic heterocycles. The van der Waals surface area contributed by atoms with E-state index in [-0.39, 0.29) is 12.0 Å². The molecular formula is C15H19N7O. The molecule has 4 rings (SSSR count). The minimum absolute atomic E-state index is 0.128. The fourth-order valence-electron chi connectivity index (χ4n) is 3.14. The molecule has 1 saturated heterocycles. The van der Waals surface area contributed by atoms with Crippen LogP contribution in [0.3, 0.4) is 0 Å². The lowest BCUT2D eigenvalue weighted by atomic mass is 10.0. The van der Waals surface area contributed by atoms with Crippen LogP contribution in [0.5, 0.6) is 0 Å². The highest BCUT2D eigenvalue weighted by Gasteiger charge is 2.32. The maximum Gasteiger partial charge on any atom is 0.233 e. The minimum atomic E-state index is 0.128. The highest BCUT2D eigenvalue weighted by atomic mass is 16.5. The Morgan fingerprint density at radius 1 is 1.43 bits per heavy atom. The Kier molecular flexibility index (Phi) is 3.76. The molecule has 0 spiro atoms. The number of hydrogen-bond donors (Lipinski definition) is 1. The molecule has 0 aromatic carbocycles. The zero-order valence-electron chi connectivity index (χ0n) is 13.0. The summed E-state index contributed by atoms with van der Waals surface area (Å²) in [6.45, 7) is 2.35. The first-order valence-corrected chi connectivity index (χ1v) is 7.73. The van der Waals surface area contributed by atoms with E-state index in [1.54, 1.807) is 12.5 Å². The van der Waals surface area contributed by atoms with Crippen molar-refractivity contribution >= 4 is 5.78 Å². The zero-order chi connectivity index (χ0) is 15.6. The van der Waals surface area contributed by atoms with Crippen LogP contribution >= 0.6 is 0 Å². The summed E-state index contributed by atoms with van der Waals surface area (Å²) < 4.78 is 7.83. The number of nitrogens with one attached hydrogen (secondary N) is 1. The van der Waals surface area contributed by atoms with Gasteiger partial charge in [0.15, 0.2) is 0 Å². The van der Waals surface area contributed by atoms with Crippen LogP contribution in [-0.2, 0) is 11.3 Å². The summed E-state index contributed by atoms with van der Waals surface area (Å²) in [4.78, 5) is 15.3. The molecule has 8 nitrogen and oxygen atoms in total. The normalized spacial score (nSPS) is 21.5. The molecule has 0 saturated carbocycles. The number of likely N-dealkylation sites (N-methyl/N-ethyl adjacent to an activating group) is 1. The lowest BCUT2D eigenvalue weighted by Gasteiger charge is -2.23. The quantitative estimate of drug-likeness (QED) is 0.752. The van der Waals surface area contributed by atoms with Gasteiger partial charge in [-0.1, -0.05) is 0 Å². The Labute approximate surface area is 133 Å². The molecule has 3 aromatic heterocycles. The molecule has 23 heavy (non-hydrogen) atoms. The zero-order valence-corrected chi connectivity index (χ0v) is 13.0. The third-order valence-electron chi connectivity index (χ3n) is 4.20. The summed E-state index contributed by atoms with van der Waals surface area (Å²) in [6, 6.07) is 1.90. The van der Waals surface area contributed by atoms with Gasteiger partial charge < -0.3 is 4.74 Å². The van der Waals surface area contributed by atoms with Crippen LogP contribution in [0.2, 0.25) is 0 Å². The van der Waals surface area contributed by atoms with Crippen LogP contribution in [0.25, 0.3) is 5.78 Å². The van der Waals surface area contributed by atoms with E-state index in [1.807, 2.05) is 22.9 Å². The maximum atomic E-state index is 5.89. The molecule has 0 aliphatic carbocycles. The van der Waals surface area contributed by atoms with Crippen molar-refractivity contribution in [1.82, 2.24) is 34.4 Å². The van der Waals surface area contributed by atoms with Crippen molar-refractivity contribution in [3.63, 3.8) is 0 Å². The average Bonchev–Trinajstić information content (AvgIpc) is 3.26. The fraction of sp³-hybridized carbons (Fsp3) is 0.467. The number of aromatic amines is 1. The molecular weight excluding hydrogens is 294 g/mol. The van der Waals surface area contributed by atoms with Crippen molar-refractivity contribution in [3.8, 4) is 0 Å². The lowest BCUT2D eigenvalue weighted by molar-refractivity contribution is 0.0708. The monoisotopic (exact) mass is 313 g/mol. The van der Waals surface area contributed by atoms with Crippen molar-refractivity contribution < 1.29 is 4.74 Å². The van der Waals surface area contributed by atoms with E-state index in [1.165, 1.54) is 0 Å². The van der Waals surface area contributed by atoms with Gasteiger partial charge in [0, 0.05) is 44.2 Å². The molecule has 0 radical (unpaired) electrons. The summed E-state index contributed by atoms with van der Waals surface area (Å²) in [5.41, 5.74) is 1.00. The molecule has 1 aliphatic rings. The number of imidazole rings is 1. The van der Waals surface area contributed by atoms with E-state index in [9.17, 15) is 0 Å². The van der Waals surface area contributed by atoms with Gasteiger partial charge in [0.2, 0.25) is 5.78 Å². The first kappa shape index (κ1) is 14.3. The molecule has 2 atom stereocenters. The topological polar surface area (TPSA) is 84.2 Å². The van der Waals surface area contributed by atoms with Crippen LogP contribution in [-0.4, -0.2) is 60.8 Å². The Morgan fingerprint density at radius 3 is 3.22 bits per heavy atom. The number of H-pyrrole nitrogens is 1. The van der Waals surface area contributed by atoms with Gasteiger partial charge in [-0.05, 0) is 19.5 Å². The molecule has 8 heteroatoms. The van der Waals surface area contributed by atoms with E-state index in [0.29, 0.717) is 0 Å². The molecule has 0 bridgehead atoms. The third kappa shape index (κ3) is 2.95. The lowest BCUT2D eigenvalue weighted by Crippen LogP contribution is -2.32.